The highest BCUT2D eigenvalue weighted by atomic mass is 32.2. The first-order valence-electron chi connectivity index (χ1n) is 6.22. The number of thioether (sulfide) groups is 1. The van der Waals surface area contributed by atoms with Crippen LogP contribution in [0.5, 0.6) is 0 Å². The molecular weight excluding hydrogens is 206 g/mol. The third kappa shape index (κ3) is 4.75. The molecule has 2 nitrogen and oxygen atoms in total. The average molecular weight is 231 g/mol. The van der Waals surface area contributed by atoms with Crippen LogP contribution in [0.4, 0.5) is 0 Å². The van der Waals surface area contributed by atoms with Crippen LogP contribution in [-0.2, 0) is 0 Å². The van der Waals surface area contributed by atoms with Gasteiger partial charge in [-0.1, -0.05) is 13.3 Å². The third-order valence-corrected chi connectivity index (χ3v) is 4.39. The Morgan fingerprint density at radius 3 is 2.73 bits per heavy atom. The molecule has 0 aromatic rings. The van der Waals surface area contributed by atoms with Crippen molar-refractivity contribution >= 4 is 11.8 Å². The van der Waals surface area contributed by atoms with E-state index >= 15 is 0 Å². The van der Waals surface area contributed by atoms with Crippen LogP contribution in [0.25, 0.3) is 0 Å². The monoisotopic (exact) mass is 231 g/mol. The molecule has 1 rings (SSSR count). The molecule has 0 unspecified atom stereocenters. The summed E-state index contributed by atoms with van der Waals surface area (Å²) in [6.45, 7) is 4.82. The normalized spacial score (nSPS) is 18.8. The minimum absolute atomic E-state index is 0.355. The molecule has 2 N–H and O–H groups in total. The van der Waals surface area contributed by atoms with Crippen LogP contribution in [-0.4, -0.2) is 36.3 Å². The van der Waals surface area contributed by atoms with Gasteiger partial charge in [0.05, 0.1) is 0 Å². The molecule has 1 saturated carbocycles. The lowest BCUT2D eigenvalue weighted by atomic mass is 9.67. The topological polar surface area (TPSA) is 32.3 Å². The summed E-state index contributed by atoms with van der Waals surface area (Å²) in [5.74, 6) is 2.50. The van der Waals surface area contributed by atoms with Crippen molar-refractivity contribution in [2.24, 2.45) is 5.41 Å². The summed E-state index contributed by atoms with van der Waals surface area (Å²) in [6, 6.07) is 0. The fourth-order valence-corrected chi connectivity index (χ4v) is 2.86. The van der Waals surface area contributed by atoms with Crippen LogP contribution in [0.2, 0.25) is 0 Å². The average Bonchev–Trinajstić information content (AvgIpc) is 2.19. The molecule has 0 radical (unpaired) electrons. The molecule has 0 bridgehead atoms. The van der Waals surface area contributed by atoms with E-state index in [2.05, 4.69) is 12.2 Å². The molecule has 3 heteroatoms. The van der Waals surface area contributed by atoms with Crippen LogP contribution in [0.15, 0.2) is 0 Å². The number of nitrogens with one attached hydrogen (secondary N) is 1. The van der Waals surface area contributed by atoms with Crippen molar-refractivity contribution in [3.05, 3.63) is 0 Å². The summed E-state index contributed by atoms with van der Waals surface area (Å²) >= 11 is 2.02. The second-order valence-corrected chi connectivity index (χ2v) is 5.95. The smallest absolute Gasteiger partial charge is 0.0436 e. The van der Waals surface area contributed by atoms with Crippen molar-refractivity contribution in [2.45, 2.75) is 39.0 Å². The molecule has 0 atom stereocenters. The summed E-state index contributed by atoms with van der Waals surface area (Å²) in [6.07, 6.45) is 6.24. The maximum atomic E-state index is 9.01. The number of rotatable bonds is 9. The molecule has 15 heavy (non-hydrogen) atoms. The van der Waals surface area contributed by atoms with Gasteiger partial charge in [0.2, 0.25) is 0 Å². The predicted octanol–water partition coefficient (Wildman–Crippen LogP) is 2.27. The van der Waals surface area contributed by atoms with Gasteiger partial charge in [-0.2, -0.15) is 11.8 Å². The van der Waals surface area contributed by atoms with E-state index in [1.807, 2.05) is 11.8 Å². The highest BCUT2D eigenvalue weighted by Gasteiger charge is 2.35. The van der Waals surface area contributed by atoms with Crippen molar-refractivity contribution in [2.75, 3.05) is 31.2 Å². The summed E-state index contributed by atoms with van der Waals surface area (Å²) in [5, 5.41) is 12.6. The molecule has 90 valence electrons. The van der Waals surface area contributed by atoms with Crippen LogP contribution >= 0.6 is 11.8 Å². The van der Waals surface area contributed by atoms with Gasteiger partial charge in [0.15, 0.2) is 0 Å². The highest BCUT2D eigenvalue weighted by molar-refractivity contribution is 7.99. The second-order valence-electron chi connectivity index (χ2n) is 4.55. The van der Waals surface area contributed by atoms with Crippen molar-refractivity contribution in [3.63, 3.8) is 0 Å². The molecule has 0 amide bonds. The van der Waals surface area contributed by atoms with E-state index in [1.165, 1.54) is 37.2 Å². The van der Waals surface area contributed by atoms with Crippen molar-refractivity contribution < 1.29 is 5.11 Å². The maximum Gasteiger partial charge on any atom is 0.0436 e. The van der Waals surface area contributed by atoms with E-state index in [9.17, 15) is 0 Å². The van der Waals surface area contributed by atoms with Crippen LogP contribution in [0, 0.1) is 5.41 Å². The standard InChI is InChI=1S/C12H25NOS/c1-2-15-10-4-8-13-11-12(7-9-14)5-3-6-12/h13-14H,2-11H2,1H3. The van der Waals surface area contributed by atoms with Gasteiger partial charge in [-0.05, 0) is 49.1 Å². The van der Waals surface area contributed by atoms with E-state index in [-0.39, 0.29) is 0 Å². The summed E-state index contributed by atoms with van der Waals surface area (Å²) < 4.78 is 0. The molecule has 0 aromatic heterocycles. The van der Waals surface area contributed by atoms with E-state index in [4.69, 9.17) is 5.11 Å². The zero-order valence-electron chi connectivity index (χ0n) is 9.93. The van der Waals surface area contributed by atoms with Crippen LogP contribution in [0.3, 0.4) is 0 Å². The van der Waals surface area contributed by atoms with E-state index in [1.54, 1.807) is 0 Å². The minimum atomic E-state index is 0.355. The molecule has 0 heterocycles. The number of hydrogen-bond donors (Lipinski definition) is 2. The van der Waals surface area contributed by atoms with E-state index in [0.717, 1.165) is 19.5 Å². The fourth-order valence-electron chi connectivity index (χ4n) is 2.23. The van der Waals surface area contributed by atoms with Gasteiger partial charge >= 0.3 is 0 Å². The van der Waals surface area contributed by atoms with E-state index < -0.39 is 0 Å². The minimum Gasteiger partial charge on any atom is -0.396 e. The molecule has 0 saturated heterocycles. The Kier molecular flexibility index (Phi) is 6.69. The lowest BCUT2D eigenvalue weighted by Gasteiger charge is -2.42. The number of aliphatic hydroxyl groups excluding tert-OH is 1. The first-order valence-corrected chi connectivity index (χ1v) is 7.38. The molecular formula is C12H25NOS. The first-order chi connectivity index (χ1) is 7.33. The predicted molar refractivity (Wildman–Crippen MR) is 68.5 cm³/mol. The van der Waals surface area contributed by atoms with Gasteiger partial charge in [-0.15, -0.1) is 0 Å². The largest absolute Gasteiger partial charge is 0.396 e. The molecule has 0 aromatic carbocycles. The van der Waals surface area contributed by atoms with Gasteiger partial charge in [-0.25, -0.2) is 0 Å². The molecule has 0 aliphatic heterocycles. The Morgan fingerprint density at radius 2 is 2.20 bits per heavy atom. The maximum absolute atomic E-state index is 9.01. The van der Waals surface area contributed by atoms with Gasteiger partial charge in [0.25, 0.3) is 0 Å². The Morgan fingerprint density at radius 1 is 1.40 bits per heavy atom. The molecule has 0 spiro atoms. The lowest BCUT2D eigenvalue weighted by Crippen LogP contribution is -2.41. The second kappa shape index (κ2) is 7.53. The molecule has 1 aliphatic carbocycles. The zero-order chi connectivity index (χ0) is 11.0. The quantitative estimate of drug-likeness (QED) is 0.597. The van der Waals surface area contributed by atoms with Crippen molar-refractivity contribution in [3.8, 4) is 0 Å². The SMILES string of the molecule is CCSCCCNCC1(CCO)CCC1. The zero-order valence-corrected chi connectivity index (χ0v) is 10.7. The lowest BCUT2D eigenvalue weighted by molar-refractivity contribution is 0.0866. The van der Waals surface area contributed by atoms with Crippen LogP contribution in [0.1, 0.15) is 39.0 Å². The van der Waals surface area contributed by atoms with Crippen molar-refractivity contribution in [1.82, 2.24) is 5.32 Å². The van der Waals surface area contributed by atoms with Gasteiger partial charge in [0, 0.05) is 13.2 Å². The Balaban J connectivity index is 1.98. The van der Waals surface area contributed by atoms with Gasteiger partial charge in [-0.3, -0.25) is 0 Å². The first kappa shape index (κ1) is 13.3. The van der Waals surface area contributed by atoms with Crippen LogP contribution < -0.4 is 5.32 Å². The number of hydrogen-bond acceptors (Lipinski definition) is 3. The summed E-state index contributed by atoms with van der Waals surface area (Å²) in [7, 11) is 0. The van der Waals surface area contributed by atoms with Gasteiger partial charge in [0.1, 0.15) is 0 Å². The third-order valence-electron chi connectivity index (χ3n) is 3.40. The summed E-state index contributed by atoms with van der Waals surface area (Å²) in [4.78, 5) is 0. The fraction of sp³-hybridized carbons (Fsp3) is 1.00. The Hall–Kier alpha value is 0.270. The van der Waals surface area contributed by atoms with E-state index in [0.29, 0.717) is 12.0 Å². The molecule has 1 fully saturated rings. The Bertz CT molecular complexity index is 160. The van der Waals surface area contributed by atoms with Crippen molar-refractivity contribution in [1.29, 1.82) is 0 Å². The highest BCUT2D eigenvalue weighted by Crippen LogP contribution is 2.43. The number of aliphatic hydroxyl groups is 1. The van der Waals surface area contributed by atoms with Gasteiger partial charge < -0.3 is 10.4 Å². The summed E-state index contributed by atoms with van der Waals surface area (Å²) in [5.41, 5.74) is 0.451. The molecule has 1 aliphatic rings. The Labute approximate surface area is 98.2 Å².